The number of ether oxygens (including phenoxy) is 2. The lowest BCUT2D eigenvalue weighted by atomic mass is 10.1. The van der Waals surface area contributed by atoms with Gasteiger partial charge in [0, 0.05) is 17.8 Å². The van der Waals surface area contributed by atoms with E-state index in [9.17, 15) is 4.79 Å². The zero-order chi connectivity index (χ0) is 11.5. The van der Waals surface area contributed by atoms with Gasteiger partial charge in [0.1, 0.15) is 11.5 Å². The Hall–Kier alpha value is -2.17. The number of H-pyrrole nitrogens is 2. The fraction of sp³-hybridized carbons (Fsp3) is 0.182. The molecule has 5 nitrogen and oxygen atoms in total. The van der Waals surface area contributed by atoms with Gasteiger partial charge in [-0.3, -0.25) is 0 Å². The molecule has 0 saturated carbocycles. The topological polar surface area (TPSA) is 67.1 Å². The lowest BCUT2D eigenvalue weighted by Crippen LogP contribution is -2.00. The van der Waals surface area contributed by atoms with Crippen LogP contribution in [0.25, 0.3) is 11.3 Å². The number of aromatic amines is 2. The summed E-state index contributed by atoms with van der Waals surface area (Å²) in [6, 6.07) is 5.40. The normalized spacial score (nSPS) is 10.1. The van der Waals surface area contributed by atoms with Crippen LogP contribution < -0.4 is 15.2 Å². The van der Waals surface area contributed by atoms with Crippen LogP contribution in [0.1, 0.15) is 0 Å². The lowest BCUT2D eigenvalue weighted by molar-refractivity contribution is 0.395. The lowest BCUT2D eigenvalue weighted by Gasteiger charge is -2.08. The van der Waals surface area contributed by atoms with Crippen LogP contribution in [-0.2, 0) is 0 Å². The molecule has 0 saturated heterocycles. The highest BCUT2D eigenvalue weighted by Gasteiger charge is 2.08. The predicted octanol–water partition coefficient (Wildman–Crippen LogP) is 1.39. The van der Waals surface area contributed by atoms with Crippen molar-refractivity contribution < 1.29 is 9.47 Å². The molecule has 0 fully saturated rings. The van der Waals surface area contributed by atoms with Gasteiger partial charge in [0.25, 0.3) is 0 Å². The highest BCUT2D eigenvalue weighted by atomic mass is 16.5. The second-order valence-corrected chi connectivity index (χ2v) is 3.22. The molecule has 5 heteroatoms. The van der Waals surface area contributed by atoms with Crippen molar-refractivity contribution in [3.63, 3.8) is 0 Å². The molecule has 0 spiro atoms. The zero-order valence-corrected chi connectivity index (χ0v) is 9.03. The van der Waals surface area contributed by atoms with Crippen molar-refractivity contribution in [3.8, 4) is 22.8 Å². The van der Waals surface area contributed by atoms with Gasteiger partial charge >= 0.3 is 5.69 Å². The maximum absolute atomic E-state index is 11.0. The summed E-state index contributed by atoms with van der Waals surface area (Å²) >= 11 is 0. The molecule has 16 heavy (non-hydrogen) atoms. The van der Waals surface area contributed by atoms with Gasteiger partial charge in [0.05, 0.1) is 19.9 Å². The van der Waals surface area contributed by atoms with E-state index in [2.05, 4.69) is 9.97 Å². The van der Waals surface area contributed by atoms with Gasteiger partial charge in [-0.25, -0.2) is 4.79 Å². The van der Waals surface area contributed by atoms with E-state index in [1.807, 2.05) is 12.1 Å². The number of hydrogen-bond acceptors (Lipinski definition) is 3. The van der Waals surface area contributed by atoms with Crippen molar-refractivity contribution in [2.24, 2.45) is 0 Å². The van der Waals surface area contributed by atoms with E-state index in [-0.39, 0.29) is 5.69 Å². The average molecular weight is 220 g/mol. The molecule has 0 atom stereocenters. The second kappa shape index (κ2) is 4.14. The summed E-state index contributed by atoms with van der Waals surface area (Å²) in [5.41, 5.74) is 1.25. The number of hydrogen-bond donors (Lipinski definition) is 2. The Morgan fingerprint density at radius 2 is 2.00 bits per heavy atom. The molecule has 2 rings (SSSR count). The fourth-order valence-corrected chi connectivity index (χ4v) is 1.50. The number of imidazole rings is 1. The van der Waals surface area contributed by atoms with E-state index < -0.39 is 0 Å². The minimum Gasteiger partial charge on any atom is -0.497 e. The van der Waals surface area contributed by atoms with Crippen LogP contribution in [0.2, 0.25) is 0 Å². The van der Waals surface area contributed by atoms with Crippen LogP contribution in [0.15, 0.2) is 29.2 Å². The average Bonchev–Trinajstić information content (AvgIpc) is 2.74. The van der Waals surface area contributed by atoms with Gasteiger partial charge in [-0.2, -0.15) is 0 Å². The van der Waals surface area contributed by atoms with Crippen LogP contribution >= 0.6 is 0 Å². The molecule has 0 radical (unpaired) electrons. The van der Waals surface area contributed by atoms with Crippen LogP contribution in [0.5, 0.6) is 11.5 Å². The Morgan fingerprint density at radius 3 is 2.56 bits per heavy atom. The van der Waals surface area contributed by atoms with Crippen LogP contribution in [-0.4, -0.2) is 24.2 Å². The maximum Gasteiger partial charge on any atom is 0.323 e. The first-order valence-electron chi connectivity index (χ1n) is 4.74. The molecule has 0 amide bonds. The largest absolute Gasteiger partial charge is 0.497 e. The first kappa shape index (κ1) is 10.4. The molecule has 0 aliphatic rings. The molecule has 1 aromatic heterocycles. The number of benzene rings is 1. The molecule has 2 N–H and O–H groups in total. The van der Waals surface area contributed by atoms with E-state index in [0.717, 1.165) is 5.56 Å². The summed E-state index contributed by atoms with van der Waals surface area (Å²) in [6.07, 6.45) is 1.60. The molecule has 0 aliphatic heterocycles. The Bertz CT molecular complexity index is 542. The minimum absolute atomic E-state index is 0.243. The third-order valence-electron chi connectivity index (χ3n) is 2.29. The summed E-state index contributed by atoms with van der Waals surface area (Å²) in [5.74, 6) is 1.35. The quantitative estimate of drug-likeness (QED) is 0.821. The summed E-state index contributed by atoms with van der Waals surface area (Å²) in [4.78, 5) is 16.2. The molecular formula is C11H12N2O3. The zero-order valence-electron chi connectivity index (χ0n) is 9.03. The third kappa shape index (κ3) is 1.79. The van der Waals surface area contributed by atoms with E-state index in [1.54, 1.807) is 26.5 Å². The summed E-state index contributed by atoms with van der Waals surface area (Å²) in [7, 11) is 3.16. The van der Waals surface area contributed by atoms with Crippen molar-refractivity contribution >= 4 is 0 Å². The molecule has 0 aliphatic carbocycles. The standard InChI is InChI=1S/C11H12N2O3/c1-15-7-3-4-8(10(5-7)16-2)9-6-12-11(14)13-9/h3-6H,1-2H3,(H2,12,13,14). The SMILES string of the molecule is COc1ccc(-c2c[nH]c(=O)[nH]2)c(OC)c1. The molecule has 0 bridgehead atoms. The Kier molecular flexibility index (Phi) is 2.68. The van der Waals surface area contributed by atoms with Gasteiger partial charge in [-0.1, -0.05) is 0 Å². The van der Waals surface area contributed by atoms with Crippen molar-refractivity contribution in [2.75, 3.05) is 14.2 Å². The van der Waals surface area contributed by atoms with E-state index in [1.165, 1.54) is 0 Å². The van der Waals surface area contributed by atoms with Gasteiger partial charge in [-0.05, 0) is 12.1 Å². The summed E-state index contributed by atoms with van der Waals surface area (Å²) < 4.78 is 10.3. The smallest absolute Gasteiger partial charge is 0.323 e. The van der Waals surface area contributed by atoms with Gasteiger partial charge < -0.3 is 19.4 Å². The molecule has 2 aromatic rings. The van der Waals surface area contributed by atoms with Crippen molar-refractivity contribution in [2.45, 2.75) is 0 Å². The molecule has 0 unspecified atom stereocenters. The fourth-order valence-electron chi connectivity index (χ4n) is 1.50. The number of aromatic nitrogens is 2. The van der Waals surface area contributed by atoms with Gasteiger partial charge in [0.15, 0.2) is 0 Å². The first-order valence-corrected chi connectivity index (χ1v) is 4.74. The second-order valence-electron chi connectivity index (χ2n) is 3.22. The highest BCUT2D eigenvalue weighted by Crippen LogP contribution is 2.31. The Morgan fingerprint density at radius 1 is 1.19 bits per heavy atom. The van der Waals surface area contributed by atoms with Crippen LogP contribution in [0.3, 0.4) is 0 Å². The minimum atomic E-state index is -0.243. The number of rotatable bonds is 3. The molecule has 1 heterocycles. The monoisotopic (exact) mass is 220 g/mol. The third-order valence-corrected chi connectivity index (χ3v) is 2.29. The molecule has 1 aromatic carbocycles. The maximum atomic E-state index is 11.0. The predicted molar refractivity (Wildman–Crippen MR) is 60.0 cm³/mol. The molecule has 84 valence electrons. The number of methoxy groups -OCH3 is 2. The first-order chi connectivity index (χ1) is 7.74. The van der Waals surface area contributed by atoms with Crippen molar-refractivity contribution in [1.29, 1.82) is 0 Å². The van der Waals surface area contributed by atoms with Crippen LogP contribution in [0, 0.1) is 0 Å². The number of nitrogens with one attached hydrogen (secondary N) is 2. The Labute approximate surface area is 92.0 Å². The van der Waals surface area contributed by atoms with E-state index in [4.69, 9.17) is 9.47 Å². The summed E-state index contributed by atoms with van der Waals surface area (Å²) in [6.45, 7) is 0. The van der Waals surface area contributed by atoms with Crippen LogP contribution in [0.4, 0.5) is 0 Å². The van der Waals surface area contributed by atoms with Crippen molar-refractivity contribution in [3.05, 3.63) is 34.9 Å². The van der Waals surface area contributed by atoms with E-state index in [0.29, 0.717) is 17.2 Å². The molecular weight excluding hydrogens is 208 g/mol. The van der Waals surface area contributed by atoms with Gasteiger partial charge in [0.2, 0.25) is 0 Å². The van der Waals surface area contributed by atoms with Crippen molar-refractivity contribution in [1.82, 2.24) is 9.97 Å². The highest BCUT2D eigenvalue weighted by molar-refractivity contribution is 5.67. The van der Waals surface area contributed by atoms with Gasteiger partial charge in [-0.15, -0.1) is 0 Å². The Balaban J connectivity index is 2.52. The summed E-state index contributed by atoms with van der Waals surface area (Å²) in [5, 5.41) is 0. The van der Waals surface area contributed by atoms with E-state index >= 15 is 0 Å².